The molecule has 19 heavy (non-hydrogen) atoms. The average molecular weight is 265 g/mol. The Morgan fingerprint density at radius 1 is 1.37 bits per heavy atom. The third-order valence-electron chi connectivity index (χ3n) is 2.30. The lowest BCUT2D eigenvalue weighted by Gasteiger charge is -2.17. The lowest BCUT2D eigenvalue weighted by Crippen LogP contribution is -2.30. The number of carbonyl (C=O) groups is 2. The molecule has 3 N–H and O–H groups in total. The third kappa shape index (κ3) is 5.12. The summed E-state index contributed by atoms with van der Waals surface area (Å²) in [5.74, 6) is -0.992. The predicted octanol–water partition coefficient (Wildman–Crippen LogP) is 1.82. The molecule has 0 fully saturated rings. The van der Waals surface area contributed by atoms with E-state index in [9.17, 15) is 14.7 Å². The maximum absolute atomic E-state index is 11.4. The molecule has 0 aliphatic heterocycles. The summed E-state index contributed by atoms with van der Waals surface area (Å²) in [6.07, 6.45) is 0.402. The van der Waals surface area contributed by atoms with E-state index >= 15 is 0 Å². The van der Waals surface area contributed by atoms with Crippen LogP contribution in [0.25, 0.3) is 0 Å². The smallest absolute Gasteiger partial charge is 0.407 e. The van der Waals surface area contributed by atoms with Gasteiger partial charge in [-0.3, -0.25) is 4.79 Å². The number of benzene rings is 1. The number of carboxylic acids is 1. The number of aromatic hydroxyl groups is 1. The van der Waals surface area contributed by atoms with E-state index in [0.717, 1.165) is 0 Å². The maximum Gasteiger partial charge on any atom is 0.407 e. The van der Waals surface area contributed by atoms with Crippen LogP contribution in [0, 0.1) is 0 Å². The number of hydrogen-bond donors (Lipinski definition) is 3. The van der Waals surface area contributed by atoms with E-state index < -0.39 is 18.1 Å². The number of hydrogen-bond acceptors (Lipinski definition) is 4. The zero-order chi connectivity index (χ0) is 14.3. The largest absolute Gasteiger partial charge is 0.508 e. The van der Waals surface area contributed by atoms with Crippen molar-refractivity contribution in [1.82, 2.24) is 5.32 Å². The molecule has 0 spiro atoms. The van der Waals surface area contributed by atoms with Crippen molar-refractivity contribution in [2.24, 2.45) is 0 Å². The lowest BCUT2D eigenvalue weighted by molar-refractivity contribution is -0.137. The van der Waals surface area contributed by atoms with Crippen molar-refractivity contribution in [3.8, 4) is 5.75 Å². The fourth-order valence-corrected chi connectivity index (χ4v) is 1.45. The van der Waals surface area contributed by atoms with Crippen LogP contribution in [0.15, 0.2) is 36.9 Å². The summed E-state index contributed by atoms with van der Waals surface area (Å²) in [5, 5.41) is 20.5. The number of carbonyl (C=O) groups excluding carboxylic acids is 1. The van der Waals surface area contributed by atoms with Gasteiger partial charge in [0, 0.05) is 0 Å². The lowest BCUT2D eigenvalue weighted by atomic mass is 10.0. The number of phenolic OH excluding ortho intramolecular Hbond substituents is 1. The summed E-state index contributed by atoms with van der Waals surface area (Å²) in [7, 11) is 0. The quantitative estimate of drug-likeness (QED) is 0.682. The standard InChI is InChI=1S/C13H15NO5/c1-2-7-19-13(18)14-11(8-12(16)17)9-3-5-10(15)6-4-9/h2-6,11,15H,1,7-8H2,(H,14,18)(H,16,17). The molecular weight excluding hydrogens is 250 g/mol. The topological polar surface area (TPSA) is 95.9 Å². The molecule has 0 saturated carbocycles. The number of phenols is 1. The molecule has 0 aliphatic rings. The van der Waals surface area contributed by atoms with E-state index in [2.05, 4.69) is 11.9 Å². The van der Waals surface area contributed by atoms with E-state index in [1.807, 2.05) is 0 Å². The van der Waals surface area contributed by atoms with Gasteiger partial charge in [-0.1, -0.05) is 24.8 Å². The zero-order valence-corrected chi connectivity index (χ0v) is 10.2. The first-order valence-corrected chi connectivity index (χ1v) is 5.58. The highest BCUT2D eigenvalue weighted by Crippen LogP contribution is 2.19. The highest BCUT2D eigenvalue weighted by molar-refractivity contribution is 5.72. The summed E-state index contributed by atoms with van der Waals surface area (Å²) in [5.41, 5.74) is 0.566. The van der Waals surface area contributed by atoms with Gasteiger partial charge < -0.3 is 20.3 Å². The van der Waals surface area contributed by atoms with Gasteiger partial charge in [0.1, 0.15) is 12.4 Å². The van der Waals surface area contributed by atoms with Crippen LogP contribution in [-0.4, -0.2) is 28.9 Å². The van der Waals surface area contributed by atoms with Gasteiger partial charge in [-0.25, -0.2) is 4.79 Å². The summed E-state index contributed by atoms with van der Waals surface area (Å²) in [6.45, 7) is 3.44. The zero-order valence-electron chi connectivity index (χ0n) is 10.2. The van der Waals surface area contributed by atoms with Crippen molar-refractivity contribution in [3.05, 3.63) is 42.5 Å². The average Bonchev–Trinajstić information content (AvgIpc) is 2.36. The summed E-state index contributed by atoms with van der Waals surface area (Å²) in [6, 6.07) is 5.19. The number of aliphatic carboxylic acids is 1. The fraction of sp³-hybridized carbons (Fsp3) is 0.231. The Labute approximate surface area is 110 Å². The van der Waals surface area contributed by atoms with Crippen LogP contribution in [0.2, 0.25) is 0 Å². The summed E-state index contributed by atoms with van der Waals surface area (Å²) >= 11 is 0. The van der Waals surface area contributed by atoms with Gasteiger partial charge in [-0.05, 0) is 17.7 Å². The predicted molar refractivity (Wildman–Crippen MR) is 67.8 cm³/mol. The Balaban J connectivity index is 2.76. The molecule has 1 aromatic rings. The first-order valence-electron chi connectivity index (χ1n) is 5.58. The van der Waals surface area contributed by atoms with Crippen LogP contribution in [0.4, 0.5) is 4.79 Å². The van der Waals surface area contributed by atoms with Gasteiger partial charge in [-0.2, -0.15) is 0 Å². The van der Waals surface area contributed by atoms with E-state index in [0.29, 0.717) is 5.56 Å². The van der Waals surface area contributed by atoms with Gasteiger partial charge in [0.05, 0.1) is 12.5 Å². The molecule has 0 saturated heterocycles. The SMILES string of the molecule is C=CCOC(=O)NC(CC(=O)O)c1ccc(O)cc1. The molecule has 0 bridgehead atoms. The highest BCUT2D eigenvalue weighted by atomic mass is 16.5. The third-order valence-corrected chi connectivity index (χ3v) is 2.30. The van der Waals surface area contributed by atoms with Crippen LogP contribution < -0.4 is 5.32 Å². The molecule has 1 aromatic carbocycles. The van der Waals surface area contributed by atoms with Gasteiger partial charge in [0.25, 0.3) is 0 Å². The van der Waals surface area contributed by atoms with Crippen LogP contribution >= 0.6 is 0 Å². The normalized spacial score (nSPS) is 11.4. The van der Waals surface area contributed by atoms with E-state index in [4.69, 9.17) is 9.84 Å². The minimum absolute atomic E-state index is 0.0429. The van der Waals surface area contributed by atoms with Crippen LogP contribution in [0.5, 0.6) is 5.75 Å². The van der Waals surface area contributed by atoms with Gasteiger partial charge >= 0.3 is 12.1 Å². The molecule has 0 aliphatic carbocycles. The first-order chi connectivity index (χ1) is 9.02. The highest BCUT2D eigenvalue weighted by Gasteiger charge is 2.18. The number of rotatable bonds is 6. The Hall–Kier alpha value is -2.50. The van der Waals surface area contributed by atoms with E-state index in [-0.39, 0.29) is 18.8 Å². The minimum atomic E-state index is -1.05. The maximum atomic E-state index is 11.4. The van der Waals surface area contributed by atoms with Crippen LogP contribution in [-0.2, 0) is 9.53 Å². The van der Waals surface area contributed by atoms with Crippen molar-refractivity contribution in [3.63, 3.8) is 0 Å². The summed E-state index contributed by atoms with van der Waals surface area (Å²) in [4.78, 5) is 22.2. The van der Waals surface area contributed by atoms with E-state index in [1.54, 1.807) is 0 Å². The molecule has 0 heterocycles. The second-order valence-electron chi connectivity index (χ2n) is 3.77. The van der Waals surface area contributed by atoms with Crippen molar-refractivity contribution < 1.29 is 24.5 Å². The van der Waals surface area contributed by atoms with Gasteiger partial charge in [0.2, 0.25) is 0 Å². The Kier molecular flexibility index (Phi) is 5.40. The number of nitrogens with one attached hydrogen (secondary N) is 1. The molecule has 0 radical (unpaired) electrons. The number of amides is 1. The van der Waals surface area contributed by atoms with Gasteiger partial charge in [-0.15, -0.1) is 0 Å². The molecule has 0 aromatic heterocycles. The Morgan fingerprint density at radius 3 is 2.53 bits per heavy atom. The summed E-state index contributed by atoms with van der Waals surface area (Å²) < 4.78 is 4.74. The molecule has 6 nitrogen and oxygen atoms in total. The second-order valence-corrected chi connectivity index (χ2v) is 3.77. The molecule has 6 heteroatoms. The van der Waals surface area contributed by atoms with Crippen molar-refractivity contribution >= 4 is 12.1 Å². The first kappa shape index (κ1) is 14.6. The number of carboxylic acid groups (broad SMARTS) is 1. The second kappa shape index (κ2) is 7.05. The van der Waals surface area contributed by atoms with Crippen molar-refractivity contribution in [1.29, 1.82) is 0 Å². The molecular formula is C13H15NO5. The van der Waals surface area contributed by atoms with Crippen molar-refractivity contribution in [2.75, 3.05) is 6.61 Å². The van der Waals surface area contributed by atoms with Crippen LogP contribution in [0.1, 0.15) is 18.0 Å². The van der Waals surface area contributed by atoms with Crippen molar-refractivity contribution in [2.45, 2.75) is 12.5 Å². The Morgan fingerprint density at radius 2 is 2.00 bits per heavy atom. The van der Waals surface area contributed by atoms with Crippen LogP contribution in [0.3, 0.4) is 0 Å². The molecule has 1 unspecified atom stereocenters. The Bertz CT molecular complexity index is 455. The molecule has 102 valence electrons. The minimum Gasteiger partial charge on any atom is -0.508 e. The fourth-order valence-electron chi connectivity index (χ4n) is 1.45. The molecule has 1 amide bonds. The number of alkyl carbamates (subject to hydrolysis) is 1. The molecule has 1 rings (SSSR count). The van der Waals surface area contributed by atoms with E-state index in [1.165, 1.54) is 30.3 Å². The van der Waals surface area contributed by atoms with Gasteiger partial charge in [0.15, 0.2) is 0 Å². The monoisotopic (exact) mass is 265 g/mol. The molecule has 1 atom stereocenters. The number of ether oxygens (including phenoxy) is 1.